The number of fused-ring (bicyclic) bond motifs is 2. The lowest BCUT2D eigenvalue weighted by Gasteiger charge is -2.18. The first kappa shape index (κ1) is 23.3. The molecule has 0 saturated heterocycles. The molecular formula is C22H21F4N3O3. The number of rotatable bonds is 2. The van der Waals surface area contributed by atoms with E-state index in [2.05, 4.69) is 22.4 Å². The number of aromatic nitrogens is 1. The summed E-state index contributed by atoms with van der Waals surface area (Å²) in [7, 11) is 0. The van der Waals surface area contributed by atoms with Gasteiger partial charge < -0.3 is 21.1 Å². The highest BCUT2D eigenvalue weighted by atomic mass is 19.4. The maximum absolute atomic E-state index is 15.0. The number of carboxylic acid groups (broad SMARTS) is 1. The SMILES string of the molecule is Cc1[nH]c2c(C(N)=O)cc(F)c(-c3ccc4c(c3)CCNC4)c2c1C.O=C(O)C(F)(F)F. The molecule has 0 saturated carbocycles. The Bertz CT molecular complexity index is 1220. The number of aryl methyl sites for hydroxylation is 2. The Morgan fingerprint density at radius 2 is 1.78 bits per heavy atom. The molecule has 3 aromatic rings. The van der Waals surface area contributed by atoms with Crippen LogP contribution in [-0.4, -0.2) is 34.7 Å². The molecule has 10 heteroatoms. The van der Waals surface area contributed by atoms with E-state index >= 15 is 4.39 Å². The van der Waals surface area contributed by atoms with Crippen molar-refractivity contribution >= 4 is 22.8 Å². The number of carbonyl (C=O) groups excluding carboxylic acids is 1. The number of halogens is 4. The van der Waals surface area contributed by atoms with E-state index in [0.717, 1.165) is 41.7 Å². The van der Waals surface area contributed by atoms with Crippen molar-refractivity contribution < 1.29 is 32.3 Å². The molecule has 32 heavy (non-hydrogen) atoms. The van der Waals surface area contributed by atoms with E-state index in [0.29, 0.717) is 11.1 Å². The fourth-order valence-corrected chi connectivity index (χ4v) is 3.73. The van der Waals surface area contributed by atoms with Crippen LogP contribution >= 0.6 is 0 Å². The molecule has 0 unspecified atom stereocenters. The second kappa shape index (κ2) is 8.62. The third kappa shape index (κ3) is 4.45. The zero-order valence-corrected chi connectivity index (χ0v) is 17.3. The summed E-state index contributed by atoms with van der Waals surface area (Å²) in [6.45, 7) is 5.62. The maximum atomic E-state index is 15.0. The van der Waals surface area contributed by atoms with Crippen LogP contribution in [0.3, 0.4) is 0 Å². The number of aliphatic carboxylic acids is 1. The molecule has 1 amide bonds. The number of nitrogens with one attached hydrogen (secondary N) is 2. The number of amides is 1. The number of hydrogen-bond acceptors (Lipinski definition) is 3. The van der Waals surface area contributed by atoms with Crippen molar-refractivity contribution in [2.45, 2.75) is 33.0 Å². The van der Waals surface area contributed by atoms with Crippen LogP contribution in [-0.2, 0) is 17.8 Å². The monoisotopic (exact) mass is 451 g/mol. The number of carboxylic acids is 1. The van der Waals surface area contributed by atoms with Gasteiger partial charge in [-0.25, -0.2) is 9.18 Å². The van der Waals surface area contributed by atoms with Crippen LogP contribution in [0.4, 0.5) is 17.6 Å². The van der Waals surface area contributed by atoms with Gasteiger partial charge in [-0.1, -0.05) is 18.2 Å². The summed E-state index contributed by atoms with van der Waals surface area (Å²) in [6, 6.07) is 7.32. The zero-order chi connectivity index (χ0) is 23.8. The number of benzene rings is 2. The van der Waals surface area contributed by atoms with E-state index in [1.54, 1.807) is 0 Å². The molecule has 0 radical (unpaired) electrons. The van der Waals surface area contributed by atoms with Crippen molar-refractivity contribution in [2.24, 2.45) is 5.73 Å². The summed E-state index contributed by atoms with van der Waals surface area (Å²) in [5.74, 6) is -3.81. The third-order valence-electron chi connectivity index (χ3n) is 5.42. The lowest BCUT2D eigenvalue weighted by atomic mass is 9.91. The number of carbonyl (C=O) groups is 2. The number of alkyl halides is 3. The number of H-pyrrole nitrogens is 1. The Hall–Kier alpha value is -3.40. The topological polar surface area (TPSA) is 108 Å². The van der Waals surface area contributed by atoms with Gasteiger partial charge in [-0.3, -0.25) is 4.79 Å². The van der Waals surface area contributed by atoms with Gasteiger partial charge >= 0.3 is 12.1 Å². The second-order valence-electron chi connectivity index (χ2n) is 7.48. The van der Waals surface area contributed by atoms with Crippen LogP contribution in [0.25, 0.3) is 22.0 Å². The summed E-state index contributed by atoms with van der Waals surface area (Å²) in [6.07, 6.45) is -4.15. The van der Waals surface area contributed by atoms with Crippen LogP contribution in [0.15, 0.2) is 24.3 Å². The second-order valence-corrected chi connectivity index (χ2v) is 7.48. The van der Waals surface area contributed by atoms with Crippen LogP contribution in [0.5, 0.6) is 0 Å². The maximum Gasteiger partial charge on any atom is 0.490 e. The van der Waals surface area contributed by atoms with Crippen molar-refractivity contribution in [3.05, 3.63) is 58.0 Å². The zero-order valence-electron chi connectivity index (χ0n) is 17.3. The molecule has 2 aromatic carbocycles. The molecule has 5 N–H and O–H groups in total. The minimum Gasteiger partial charge on any atom is -0.475 e. The molecule has 0 spiro atoms. The summed E-state index contributed by atoms with van der Waals surface area (Å²) < 4.78 is 46.7. The Morgan fingerprint density at radius 1 is 1.12 bits per heavy atom. The van der Waals surface area contributed by atoms with Gasteiger partial charge in [0.05, 0.1) is 11.1 Å². The van der Waals surface area contributed by atoms with E-state index in [1.807, 2.05) is 19.9 Å². The first-order chi connectivity index (χ1) is 14.9. The first-order valence-electron chi connectivity index (χ1n) is 9.66. The van der Waals surface area contributed by atoms with Crippen LogP contribution in [0.2, 0.25) is 0 Å². The summed E-state index contributed by atoms with van der Waals surface area (Å²) in [5.41, 5.74) is 12.0. The van der Waals surface area contributed by atoms with Gasteiger partial charge in [-0.2, -0.15) is 13.2 Å². The van der Waals surface area contributed by atoms with E-state index in [9.17, 15) is 18.0 Å². The van der Waals surface area contributed by atoms with Crippen LogP contribution in [0.1, 0.15) is 32.7 Å². The molecule has 1 aliphatic rings. The average molecular weight is 451 g/mol. The summed E-state index contributed by atoms with van der Waals surface area (Å²) in [4.78, 5) is 23.9. The van der Waals surface area contributed by atoms with Crippen molar-refractivity contribution in [1.29, 1.82) is 0 Å². The molecule has 0 bridgehead atoms. The molecule has 1 aromatic heterocycles. The normalized spacial score (nSPS) is 13.3. The average Bonchev–Trinajstić information content (AvgIpc) is 3.01. The number of nitrogens with two attached hydrogens (primary N) is 1. The Morgan fingerprint density at radius 3 is 2.38 bits per heavy atom. The smallest absolute Gasteiger partial charge is 0.475 e. The van der Waals surface area contributed by atoms with Gasteiger partial charge in [0, 0.05) is 23.2 Å². The number of hydrogen-bond donors (Lipinski definition) is 4. The van der Waals surface area contributed by atoms with Crippen molar-refractivity contribution in [3.8, 4) is 11.1 Å². The summed E-state index contributed by atoms with van der Waals surface area (Å²) in [5, 5.41) is 11.2. The van der Waals surface area contributed by atoms with Gasteiger partial charge in [0.2, 0.25) is 0 Å². The molecule has 0 fully saturated rings. The molecule has 0 aliphatic carbocycles. The number of aromatic amines is 1. The molecule has 4 rings (SSSR count). The van der Waals surface area contributed by atoms with E-state index in [1.165, 1.54) is 17.2 Å². The fourth-order valence-electron chi connectivity index (χ4n) is 3.73. The summed E-state index contributed by atoms with van der Waals surface area (Å²) >= 11 is 0. The fraction of sp³-hybridized carbons (Fsp3) is 0.273. The molecule has 2 heterocycles. The molecular weight excluding hydrogens is 430 g/mol. The molecule has 1 aliphatic heterocycles. The largest absolute Gasteiger partial charge is 0.490 e. The van der Waals surface area contributed by atoms with Gasteiger partial charge in [-0.05, 0) is 55.1 Å². The minimum atomic E-state index is -5.08. The molecule has 0 atom stereocenters. The Kier molecular flexibility index (Phi) is 6.27. The standard InChI is InChI=1S/C20H20FN3O.C2HF3O2/c1-10-11(2)24-19-15(20(22)25)8-16(21)18(17(10)19)13-3-4-14-9-23-6-5-12(14)7-13;3-2(4,5)1(6)7/h3-4,7-8,23-24H,5-6,9H2,1-2H3,(H2,22,25);(H,6,7). The Labute approximate surface area is 180 Å². The van der Waals surface area contributed by atoms with Gasteiger partial charge in [-0.15, -0.1) is 0 Å². The van der Waals surface area contributed by atoms with Gasteiger partial charge in [0.1, 0.15) is 5.82 Å². The van der Waals surface area contributed by atoms with Gasteiger partial charge in [0.25, 0.3) is 5.91 Å². The van der Waals surface area contributed by atoms with E-state index in [4.69, 9.17) is 15.6 Å². The highest BCUT2D eigenvalue weighted by Gasteiger charge is 2.38. The quantitative estimate of drug-likeness (QED) is 0.442. The van der Waals surface area contributed by atoms with Crippen molar-refractivity contribution in [3.63, 3.8) is 0 Å². The minimum absolute atomic E-state index is 0.189. The lowest BCUT2D eigenvalue weighted by Crippen LogP contribution is -2.23. The van der Waals surface area contributed by atoms with E-state index < -0.39 is 23.9 Å². The van der Waals surface area contributed by atoms with E-state index in [-0.39, 0.29) is 5.56 Å². The Balaban J connectivity index is 0.000000360. The third-order valence-corrected chi connectivity index (χ3v) is 5.42. The highest BCUT2D eigenvalue weighted by molar-refractivity contribution is 6.10. The molecule has 6 nitrogen and oxygen atoms in total. The van der Waals surface area contributed by atoms with Crippen molar-refractivity contribution in [2.75, 3.05) is 6.54 Å². The predicted molar refractivity (Wildman–Crippen MR) is 111 cm³/mol. The van der Waals surface area contributed by atoms with Crippen LogP contribution < -0.4 is 11.1 Å². The van der Waals surface area contributed by atoms with Crippen molar-refractivity contribution in [1.82, 2.24) is 10.3 Å². The predicted octanol–water partition coefficient (Wildman–Crippen LogP) is 3.97. The molecule has 170 valence electrons. The van der Waals surface area contributed by atoms with Gasteiger partial charge in [0.15, 0.2) is 0 Å². The first-order valence-corrected chi connectivity index (χ1v) is 9.66. The number of primary amides is 1. The lowest BCUT2D eigenvalue weighted by molar-refractivity contribution is -0.192. The van der Waals surface area contributed by atoms with Crippen LogP contribution in [0, 0.1) is 19.7 Å². The highest BCUT2D eigenvalue weighted by Crippen LogP contribution is 2.37.